The van der Waals surface area contributed by atoms with E-state index in [1.165, 1.54) is 263 Å². The van der Waals surface area contributed by atoms with Crippen molar-refractivity contribution in [2.75, 3.05) is 13.2 Å². The van der Waals surface area contributed by atoms with Crippen LogP contribution in [-0.4, -0.2) is 37.2 Å². The topological polar surface area (TPSA) is 78.9 Å². The van der Waals surface area contributed by atoms with Gasteiger partial charge in [0.2, 0.25) is 0 Å². The summed E-state index contributed by atoms with van der Waals surface area (Å²) in [7, 11) is 0. The van der Waals surface area contributed by atoms with E-state index in [4.69, 9.17) is 14.2 Å². The normalized spacial score (nSPS) is 12.4. The van der Waals surface area contributed by atoms with Crippen LogP contribution in [0.5, 0.6) is 0 Å². The summed E-state index contributed by atoms with van der Waals surface area (Å²) in [6.07, 6.45) is 92.7. The van der Waals surface area contributed by atoms with Crippen molar-refractivity contribution in [3.8, 4) is 0 Å². The fourth-order valence-electron chi connectivity index (χ4n) is 11.0. The fraction of sp³-hybridized carbons (Fsp3) is 0.831. The average molecular weight is 1160 g/mol. The molecule has 83 heavy (non-hydrogen) atoms. The zero-order chi connectivity index (χ0) is 59.9. The van der Waals surface area contributed by atoms with Gasteiger partial charge in [-0.15, -0.1) is 0 Å². The second-order valence-electron chi connectivity index (χ2n) is 24.8. The quantitative estimate of drug-likeness (QED) is 0.0261. The Kier molecular flexibility index (Phi) is 69.1. The van der Waals surface area contributed by atoms with Crippen LogP contribution in [0.25, 0.3) is 0 Å². The molecule has 0 aliphatic carbocycles. The van der Waals surface area contributed by atoms with Crippen LogP contribution in [0.15, 0.2) is 60.8 Å². The van der Waals surface area contributed by atoms with Crippen LogP contribution in [-0.2, 0) is 28.6 Å². The molecular weight excluding hydrogens is 1020 g/mol. The van der Waals surface area contributed by atoms with E-state index in [2.05, 4.69) is 81.5 Å². The highest BCUT2D eigenvalue weighted by Crippen LogP contribution is 2.19. The third-order valence-corrected chi connectivity index (χ3v) is 16.5. The lowest BCUT2D eigenvalue weighted by molar-refractivity contribution is -0.167. The number of unbranched alkanes of at least 4 members (excludes halogenated alkanes) is 47. The van der Waals surface area contributed by atoms with E-state index in [1.807, 2.05) is 0 Å². The van der Waals surface area contributed by atoms with E-state index in [0.29, 0.717) is 19.3 Å². The largest absolute Gasteiger partial charge is 0.462 e. The van der Waals surface area contributed by atoms with Crippen LogP contribution in [0.1, 0.15) is 393 Å². The highest BCUT2D eigenvalue weighted by atomic mass is 16.6. The predicted octanol–water partition coefficient (Wildman–Crippen LogP) is 25.5. The van der Waals surface area contributed by atoms with Crippen LogP contribution in [0, 0.1) is 0 Å². The van der Waals surface area contributed by atoms with Gasteiger partial charge in [-0.3, -0.25) is 14.4 Å². The molecular formula is C77H140O6. The molecule has 0 saturated carbocycles. The lowest BCUT2D eigenvalue weighted by Gasteiger charge is -2.18. The number of carbonyl (C=O) groups is 3. The zero-order valence-electron chi connectivity index (χ0n) is 55.7. The maximum Gasteiger partial charge on any atom is 0.306 e. The first-order valence-corrected chi connectivity index (χ1v) is 36.8. The van der Waals surface area contributed by atoms with Crippen molar-refractivity contribution in [3.05, 3.63) is 60.8 Å². The predicted molar refractivity (Wildman–Crippen MR) is 362 cm³/mol. The summed E-state index contributed by atoms with van der Waals surface area (Å²) in [6.45, 7) is 6.57. The third kappa shape index (κ3) is 69.8. The van der Waals surface area contributed by atoms with Gasteiger partial charge in [-0.2, -0.15) is 0 Å². The molecule has 0 spiro atoms. The van der Waals surface area contributed by atoms with Crippen LogP contribution in [0.2, 0.25) is 0 Å². The molecule has 0 bridgehead atoms. The molecule has 0 radical (unpaired) electrons. The second kappa shape index (κ2) is 71.6. The lowest BCUT2D eigenvalue weighted by atomic mass is 10.0. The molecule has 484 valence electrons. The summed E-state index contributed by atoms with van der Waals surface area (Å²) in [5.74, 6) is -0.850. The lowest BCUT2D eigenvalue weighted by Crippen LogP contribution is -2.30. The maximum atomic E-state index is 12.9. The number of carbonyl (C=O) groups excluding carboxylic acids is 3. The molecule has 0 N–H and O–H groups in total. The van der Waals surface area contributed by atoms with Crippen molar-refractivity contribution in [1.29, 1.82) is 0 Å². The molecule has 0 aromatic carbocycles. The summed E-state index contributed by atoms with van der Waals surface area (Å²) >= 11 is 0. The van der Waals surface area contributed by atoms with Gasteiger partial charge in [0.25, 0.3) is 0 Å². The highest BCUT2D eigenvalue weighted by Gasteiger charge is 2.19. The van der Waals surface area contributed by atoms with Gasteiger partial charge < -0.3 is 14.2 Å². The molecule has 0 aromatic rings. The monoisotopic (exact) mass is 1160 g/mol. The zero-order valence-corrected chi connectivity index (χ0v) is 55.7. The first kappa shape index (κ1) is 80.1. The van der Waals surface area contributed by atoms with Crippen molar-refractivity contribution in [1.82, 2.24) is 0 Å². The maximum absolute atomic E-state index is 12.9. The van der Waals surface area contributed by atoms with Crippen molar-refractivity contribution in [2.24, 2.45) is 0 Å². The average Bonchev–Trinajstić information content (AvgIpc) is 3.49. The van der Waals surface area contributed by atoms with E-state index < -0.39 is 6.10 Å². The molecule has 0 amide bonds. The second-order valence-corrected chi connectivity index (χ2v) is 24.8. The van der Waals surface area contributed by atoms with E-state index in [9.17, 15) is 14.4 Å². The summed E-state index contributed by atoms with van der Waals surface area (Å²) < 4.78 is 17.0. The van der Waals surface area contributed by atoms with E-state index >= 15 is 0 Å². The minimum atomic E-state index is -0.773. The van der Waals surface area contributed by atoms with Gasteiger partial charge in [0.15, 0.2) is 6.10 Å². The summed E-state index contributed by atoms with van der Waals surface area (Å²) in [5.41, 5.74) is 0. The Morgan fingerprint density at radius 1 is 0.253 bits per heavy atom. The Balaban J connectivity index is 4.08. The molecule has 0 aliphatic heterocycles. The highest BCUT2D eigenvalue weighted by molar-refractivity contribution is 5.71. The van der Waals surface area contributed by atoms with E-state index in [1.54, 1.807) is 0 Å². The van der Waals surface area contributed by atoms with Crippen molar-refractivity contribution in [3.63, 3.8) is 0 Å². The van der Waals surface area contributed by atoms with Crippen molar-refractivity contribution < 1.29 is 28.6 Å². The van der Waals surface area contributed by atoms with Crippen LogP contribution in [0.3, 0.4) is 0 Å². The van der Waals surface area contributed by atoms with Crippen molar-refractivity contribution >= 4 is 17.9 Å². The molecule has 0 rings (SSSR count). The number of allylic oxidation sites excluding steroid dienone is 10. The molecule has 1 unspecified atom stereocenters. The van der Waals surface area contributed by atoms with Gasteiger partial charge in [0, 0.05) is 19.3 Å². The van der Waals surface area contributed by atoms with Gasteiger partial charge >= 0.3 is 17.9 Å². The standard InChI is InChI=1S/C77H140O6/c1-4-7-10-13-16-19-22-25-27-29-30-31-32-33-34-35-36-37-38-39-40-41-42-43-44-45-46-48-49-52-55-58-61-64-67-70-76(79)82-73-74(72-81-75(78)69-66-63-60-57-54-51-24-21-18-15-12-9-6-3)83-77(80)71-68-65-62-59-56-53-50-47-28-26-23-20-17-14-11-8-5-2/h7,10,16,19,21,24-25,27,30-31,74H,4-6,8-9,11-15,17-18,20,22-23,26,28-29,32-73H2,1-3H3/b10-7-,19-16-,24-21-,27-25-,31-30-. The Labute approximate surface area is 517 Å². The molecule has 0 fully saturated rings. The van der Waals surface area contributed by atoms with Gasteiger partial charge in [-0.1, -0.05) is 351 Å². The number of esters is 3. The third-order valence-electron chi connectivity index (χ3n) is 16.5. The first-order chi connectivity index (χ1) is 41.0. The molecule has 6 nitrogen and oxygen atoms in total. The van der Waals surface area contributed by atoms with E-state index in [-0.39, 0.29) is 31.1 Å². The summed E-state index contributed by atoms with van der Waals surface area (Å²) in [5, 5.41) is 0. The SMILES string of the molecule is CC/C=C\C/C=C\C/C=C\C/C=C\CCCCCCCCCCCCCCCCCCCCCCCCC(=O)OCC(COC(=O)CCCCCCC/C=C\CCCCCC)OC(=O)CCCCCCCCCCCCCCCCCCC. The molecule has 0 aliphatic rings. The molecule has 0 aromatic heterocycles. The molecule has 1 atom stereocenters. The number of hydrogen-bond acceptors (Lipinski definition) is 6. The molecule has 0 saturated heterocycles. The number of ether oxygens (including phenoxy) is 3. The molecule has 0 heterocycles. The fourth-order valence-corrected chi connectivity index (χ4v) is 11.0. The smallest absolute Gasteiger partial charge is 0.306 e. The van der Waals surface area contributed by atoms with Gasteiger partial charge in [0.1, 0.15) is 13.2 Å². The minimum Gasteiger partial charge on any atom is -0.462 e. The van der Waals surface area contributed by atoms with E-state index in [0.717, 1.165) is 89.9 Å². The van der Waals surface area contributed by atoms with Gasteiger partial charge in [0.05, 0.1) is 0 Å². The molecule has 6 heteroatoms. The number of hydrogen-bond donors (Lipinski definition) is 0. The first-order valence-electron chi connectivity index (χ1n) is 36.8. The van der Waals surface area contributed by atoms with Crippen LogP contribution in [0.4, 0.5) is 0 Å². The Morgan fingerprint density at radius 2 is 0.470 bits per heavy atom. The van der Waals surface area contributed by atoms with Crippen LogP contribution >= 0.6 is 0 Å². The van der Waals surface area contributed by atoms with Gasteiger partial charge in [-0.25, -0.2) is 0 Å². The number of rotatable bonds is 68. The van der Waals surface area contributed by atoms with Crippen molar-refractivity contribution in [2.45, 2.75) is 399 Å². The Hall–Kier alpha value is -2.89. The summed E-state index contributed by atoms with van der Waals surface area (Å²) in [6, 6.07) is 0. The van der Waals surface area contributed by atoms with Gasteiger partial charge in [-0.05, 0) is 83.5 Å². The minimum absolute atomic E-state index is 0.0695. The van der Waals surface area contributed by atoms with Crippen LogP contribution < -0.4 is 0 Å². The summed E-state index contributed by atoms with van der Waals surface area (Å²) in [4.78, 5) is 38.4. The Bertz CT molecular complexity index is 1470. The Morgan fingerprint density at radius 3 is 0.759 bits per heavy atom.